The summed E-state index contributed by atoms with van der Waals surface area (Å²) in [5.41, 5.74) is 4.68. The van der Waals surface area contributed by atoms with Crippen LogP contribution in [-0.4, -0.2) is 43.0 Å². The standard InChI is InChI=1S/C20H28N2/c1-4-21(3)12-13-22(5-2)15-17-14-16-10-11-19(16)20-9-7-6-8-18(17)20/h6-9,14H,4-5,10-13,15H2,1-3H3. The van der Waals surface area contributed by atoms with Crippen molar-refractivity contribution in [1.29, 1.82) is 0 Å². The van der Waals surface area contributed by atoms with Crippen LogP contribution in [0.5, 0.6) is 0 Å². The third kappa shape index (κ3) is 3.04. The molecule has 0 unspecified atom stereocenters. The Hall–Kier alpha value is -1.38. The summed E-state index contributed by atoms with van der Waals surface area (Å²) < 4.78 is 0. The topological polar surface area (TPSA) is 6.48 Å². The monoisotopic (exact) mass is 296 g/mol. The average Bonchev–Trinajstić information content (AvgIpc) is 2.52. The van der Waals surface area contributed by atoms with E-state index in [2.05, 4.69) is 61.0 Å². The van der Waals surface area contributed by atoms with Gasteiger partial charge in [0, 0.05) is 19.6 Å². The molecule has 2 nitrogen and oxygen atoms in total. The number of hydrogen-bond donors (Lipinski definition) is 0. The Kier molecular flexibility index (Phi) is 4.80. The normalized spacial score (nSPS) is 13.7. The Morgan fingerprint density at radius 2 is 1.73 bits per heavy atom. The van der Waals surface area contributed by atoms with Gasteiger partial charge in [0.05, 0.1) is 0 Å². The molecule has 0 aromatic heterocycles. The van der Waals surface area contributed by atoms with Crippen molar-refractivity contribution in [1.82, 2.24) is 9.80 Å². The maximum Gasteiger partial charge on any atom is 0.0240 e. The van der Waals surface area contributed by atoms with Crippen LogP contribution in [0.4, 0.5) is 0 Å². The van der Waals surface area contributed by atoms with Crippen molar-refractivity contribution in [3.8, 4) is 0 Å². The summed E-state index contributed by atoms with van der Waals surface area (Å²) in [6.45, 7) is 10.1. The SMILES string of the molecule is CCN(C)CCN(CC)Cc1cc2c(c3ccccc13)CC2. The molecule has 0 N–H and O–H groups in total. The Morgan fingerprint density at radius 1 is 0.955 bits per heavy atom. The summed E-state index contributed by atoms with van der Waals surface area (Å²) in [6.07, 6.45) is 2.52. The first-order chi connectivity index (χ1) is 10.7. The number of rotatable bonds is 7. The number of benzene rings is 2. The quantitative estimate of drug-likeness (QED) is 0.768. The van der Waals surface area contributed by atoms with Crippen molar-refractivity contribution >= 4 is 10.8 Å². The summed E-state index contributed by atoms with van der Waals surface area (Å²) in [5.74, 6) is 0. The van der Waals surface area contributed by atoms with Crippen LogP contribution in [0.2, 0.25) is 0 Å². The van der Waals surface area contributed by atoms with Crippen molar-refractivity contribution < 1.29 is 0 Å². The van der Waals surface area contributed by atoms with Gasteiger partial charge in [-0.2, -0.15) is 0 Å². The molecule has 0 atom stereocenters. The first kappa shape index (κ1) is 15.5. The second kappa shape index (κ2) is 6.80. The second-order valence-electron chi connectivity index (χ2n) is 6.48. The second-order valence-corrected chi connectivity index (χ2v) is 6.48. The highest BCUT2D eigenvalue weighted by atomic mass is 15.2. The fraction of sp³-hybridized carbons (Fsp3) is 0.500. The zero-order valence-electron chi connectivity index (χ0n) is 14.2. The van der Waals surface area contributed by atoms with E-state index in [1.165, 1.54) is 29.2 Å². The molecule has 3 rings (SSSR count). The molecule has 0 radical (unpaired) electrons. The molecule has 0 amide bonds. The molecular weight excluding hydrogens is 268 g/mol. The lowest BCUT2D eigenvalue weighted by molar-refractivity contribution is 0.232. The fourth-order valence-corrected chi connectivity index (χ4v) is 3.37. The Bertz CT molecular complexity index is 647. The molecule has 0 fully saturated rings. The first-order valence-electron chi connectivity index (χ1n) is 8.66. The molecule has 0 heterocycles. The summed E-state index contributed by atoms with van der Waals surface area (Å²) in [6, 6.07) is 11.4. The third-order valence-corrected chi connectivity index (χ3v) is 5.16. The van der Waals surface area contributed by atoms with Gasteiger partial charge in [0.1, 0.15) is 0 Å². The molecule has 1 aliphatic rings. The molecule has 2 aromatic carbocycles. The lowest BCUT2D eigenvalue weighted by Gasteiger charge is -2.27. The molecular formula is C20H28N2. The van der Waals surface area contributed by atoms with Gasteiger partial charge in [-0.3, -0.25) is 4.90 Å². The van der Waals surface area contributed by atoms with Gasteiger partial charge in [-0.25, -0.2) is 0 Å². The molecule has 2 aromatic rings. The van der Waals surface area contributed by atoms with Crippen LogP contribution in [0.15, 0.2) is 30.3 Å². The van der Waals surface area contributed by atoms with Crippen LogP contribution in [0.1, 0.15) is 30.5 Å². The zero-order chi connectivity index (χ0) is 15.5. The summed E-state index contributed by atoms with van der Waals surface area (Å²) >= 11 is 0. The number of likely N-dealkylation sites (N-methyl/N-ethyl adjacent to an activating group) is 2. The number of hydrogen-bond acceptors (Lipinski definition) is 2. The van der Waals surface area contributed by atoms with E-state index in [0.717, 1.165) is 32.7 Å². The number of aryl methyl sites for hydroxylation is 2. The van der Waals surface area contributed by atoms with Crippen LogP contribution < -0.4 is 0 Å². The van der Waals surface area contributed by atoms with Gasteiger partial charge >= 0.3 is 0 Å². The minimum absolute atomic E-state index is 1.07. The average molecular weight is 296 g/mol. The lowest BCUT2D eigenvalue weighted by Crippen LogP contribution is -2.33. The fourth-order valence-electron chi connectivity index (χ4n) is 3.37. The Morgan fingerprint density at radius 3 is 2.36 bits per heavy atom. The van der Waals surface area contributed by atoms with Gasteiger partial charge in [0.2, 0.25) is 0 Å². The van der Waals surface area contributed by atoms with E-state index in [0.29, 0.717) is 0 Å². The summed E-state index contributed by atoms with van der Waals surface area (Å²) in [5, 5.41) is 2.95. The molecule has 0 saturated carbocycles. The minimum Gasteiger partial charge on any atom is -0.305 e. The van der Waals surface area contributed by atoms with E-state index in [1.54, 1.807) is 11.1 Å². The third-order valence-electron chi connectivity index (χ3n) is 5.16. The Balaban J connectivity index is 1.82. The van der Waals surface area contributed by atoms with Crippen molar-refractivity contribution in [2.75, 3.05) is 33.2 Å². The highest BCUT2D eigenvalue weighted by Gasteiger charge is 2.19. The van der Waals surface area contributed by atoms with Crippen molar-refractivity contribution in [2.24, 2.45) is 0 Å². The minimum atomic E-state index is 1.07. The van der Waals surface area contributed by atoms with Gasteiger partial charge in [-0.1, -0.05) is 44.2 Å². The van der Waals surface area contributed by atoms with Gasteiger partial charge in [0.25, 0.3) is 0 Å². The van der Waals surface area contributed by atoms with Gasteiger partial charge in [-0.15, -0.1) is 0 Å². The van der Waals surface area contributed by atoms with Gasteiger partial charge in [-0.05, 0) is 60.4 Å². The largest absolute Gasteiger partial charge is 0.305 e. The number of nitrogens with zero attached hydrogens (tertiary/aromatic N) is 2. The maximum absolute atomic E-state index is 2.57. The van der Waals surface area contributed by atoms with Crippen molar-refractivity contribution in [3.63, 3.8) is 0 Å². The number of fused-ring (bicyclic) bond motifs is 3. The van der Waals surface area contributed by atoms with Gasteiger partial charge < -0.3 is 4.90 Å². The zero-order valence-corrected chi connectivity index (χ0v) is 14.2. The van der Waals surface area contributed by atoms with Crippen LogP contribution in [0.3, 0.4) is 0 Å². The highest BCUT2D eigenvalue weighted by Crippen LogP contribution is 2.34. The van der Waals surface area contributed by atoms with E-state index in [-0.39, 0.29) is 0 Å². The van der Waals surface area contributed by atoms with E-state index < -0.39 is 0 Å². The predicted octanol–water partition coefficient (Wildman–Crippen LogP) is 3.71. The van der Waals surface area contributed by atoms with E-state index in [9.17, 15) is 0 Å². The molecule has 0 spiro atoms. The predicted molar refractivity (Wildman–Crippen MR) is 95.5 cm³/mol. The molecule has 2 heteroatoms. The van der Waals surface area contributed by atoms with Gasteiger partial charge in [0.15, 0.2) is 0 Å². The molecule has 22 heavy (non-hydrogen) atoms. The van der Waals surface area contributed by atoms with E-state index in [1.807, 2.05) is 0 Å². The lowest BCUT2D eigenvalue weighted by atomic mass is 9.82. The maximum atomic E-state index is 2.57. The van der Waals surface area contributed by atoms with Crippen molar-refractivity contribution in [3.05, 3.63) is 47.0 Å². The highest BCUT2D eigenvalue weighted by molar-refractivity contribution is 5.91. The molecule has 0 aliphatic heterocycles. The van der Waals surface area contributed by atoms with Crippen LogP contribution in [-0.2, 0) is 19.4 Å². The van der Waals surface area contributed by atoms with Crippen molar-refractivity contribution in [2.45, 2.75) is 33.2 Å². The van der Waals surface area contributed by atoms with Crippen LogP contribution >= 0.6 is 0 Å². The van der Waals surface area contributed by atoms with E-state index in [4.69, 9.17) is 0 Å². The molecule has 118 valence electrons. The first-order valence-corrected chi connectivity index (χ1v) is 8.66. The smallest absolute Gasteiger partial charge is 0.0240 e. The van der Waals surface area contributed by atoms with Crippen LogP contribution in [0, 0.1) is 0 Å². The summed E-state index contributed by atoms with van der Waals surface area (Å²) in [7, 11) is 2.20. The molecule has 0 bridgehead atoms. The summed E-state index contributed by atoms with van der Waals surface area (Å²) in [4.78, 5) is 4.96. The Labute approximate surface area is 134 Å². The molecule has 0 saturated heterocycles. The van der Waals surface area contributed by atoms with Crippen LogP contribution in [0.25, 0.3) is 10.8 Å². The van der Waals surface area contributed by atoms with E-state index >= 15 is 0 Å². The molecule has 1 aliphatic carbocycles.